The minimum atomic E-state index is -0.399. The van der Waals surface area contributed by atoms with Gasteiger partial charge in [-0.1, -0.05) is 18.2 Å². The van der Waals surface area contributed by atoms with E-state index in [0.717, 1.165) is 5.56 Å². The van der Waals surface area contributed by atoms with E-state index < -0.39 is 5.82 Å². The molecule has 0 radical (unpaired) electrons. The molecule has 2 nitrogen and oxygen atoms in total. The first-order valence-corrected chi connectivity index (χ1v) is 6.85. The fourth-order valence-corrected chi connectivity index (χ4v) is 2.39. The zero-order valence-corrected chi connectivity index (χ0v) is 12.1. The summed E-state index contributed by atoms with van der Waals surface area (Å²) in [5, 5.41) is 2.76. The van der Waals surface area contributed by atoms with Crippen molar-refractivity contribution in [2.24, 2.45) is 0 Å². The highest BCUT2D eigenvalue weighted by molar-refractivity contribution is 9.10. The van der Waals surface area contributed by atoms with Crippen LogP contribution in [0.5, 0.6) is 0 Å². The number of carbonyl (C=O) groups excluding carboxylic acids is 1. The summed E-state index contributed by atoms with van der Waals surface area (Å²) in [6, 6.07) is 11.2. The molecule has 1 N–H and O–H groups in total. The fourth-order valence-electron chi connectivity index (χ4n) is 1.62. The number of para-hydroxylation sites is 1. The van der Waals surface area contributed by atoms with Crippen molar-refractivity contribution in [1.82, 2.24) is 0 Å². The van der Waals surface area contributed by atoms with Crippen LogP contribution in [0.2, 0.25) is 0 Å². The Morgan fingerprint density at radius 1 is 1.26 bits per heavy atom. The van der Waals surface area contributed by atoms with E-state index in [9.17, 15) is 9.18 Å². The van der Waals surface area contributed by atoms with Crippen LogP contribution in [-0.4, -0.2) is 5.91 Å². The van der Waals surface area contributed by atoms with Crippen molar-refractivity contribution in [3.63, 3.8) is 0 Å². The number of alkyl halides is 1. The van der Waals surface area contributed by atoms with E-state index in [1.54, 1.807) is 6.07 Å². The summed E-state index contributed by atoms with van der Waals surface area (Å²) < 4.78 is 13.4. The van der Waals surface area contributed by atoms with E-state index in [-0.39, 0.29) is 5.91 Å². The molecule has 0 unspecified atom stereocenters. The summed E-state index contributed by atoms with van der Waals surface area (Å²) in [5.41, 5.74) is 1.85. The standard InChI is InChI=1S/C14H10BrClFNO/c15-12-7-10(17)5-6-11(12)14(19)18-13-4-2-1-3-9(13)8-16/h1-7H,8H2,(H,18,19). The molecule has 0 aromatic heterocycles. The number of amides is 1. The van der Waals surface area contributed by atoms with Gasteiger partial charge in [0.15, 0.2) is 0 Å². The molecule has 2 rings (SSSR count). The maximum Gasteiger partial charge on any atom is 0.256 e. The van der Waals surface area contributed by atoms with Crippen molar-refractivity contribution in [2.75, 3.05) is 5.32 Å². The Labute approximate surface area is 123 Å². The van der Waals surface area contributed by atoms with Crippen LogP contribution in [0.25, 0.3) is 0 Å². The minimum absolute atomic E-state index is 0.307. The average Bonchev–Trinajstić information content (AvgIpc) is 2.39. The number of hydrogen-bond acceptors (Lipinski definition) is 1. The second-order valence-corrected chi connectivity index (χ2v) is 4.99. The number of anilines is 1. The van der Waals surface area contributed by atoms with Gasteiger partial charge in [-0.15, -0.1) is 11.6 Å². The quantitative estimate of drug-likeness (QED) is 0.813. The summed E-state index contributed by atoms with van der Waals surface area (Å²) >= 11 is 8.97. The predicted molar refractivity (Wildman–Crippen MR) is 78.1 cm³/mol. The molecule has 0 aliphatic heterocycles. The van der Waals surface area contributed by atoms with Crippen molar-refractivity contribution < 1.29 is 9.18 Å². The Hall–Kier alpha value is -1.39. The van der Waals surface area contributed by atoms with Gasteiger partial charge in [-0.2, -0.15) is 0 Å². The van der Waals surface area contributed by atoms with Crippen LogP contribution < -0.4 is 5.32 Å². The topological polar surface area (TPSA) is 29.1 Å². The molecule has 0 fully saturated rings. The second-order valence-electron chi connectivity index (χ2n) is 3.87. The van der Waals surface area contributed by atoms with Crippen LogP contribution in [0.3, 0.4) is 0 Å². The summed E-state index contributed by atoms with van der Waals surface area (Å²) in [6.07, 6.45) is 0. The first-order chi connectivity index (χ1) is 9.11. The molecular weight excluding hydrogens is 333 g/mol. The number of hydrogen-bond donors (Lipinski definition) is 1. The Morgan fingerprint density at radius 2 is 2.00 bits per heavy atom. The number of benzene rings is 2. The minimum Gasteiger partial charge on any atom is -0.322 e. The van der Waals surface area contributed by atoms with Crippen molar-refractivity contribution in [3.05, 3.63) is 63.9 Å². The molecule has 0 saturated heterocycles. The van der Waals surface area contributed by atoms with Gasteiger partial charge < -0.3 is 5.32 Å². The second kappa shape index (κ2) is 6.17. The molecule has 5 heteroatoms. The van der Waals surface area contributed by atoms with E-state index in [4.69, 9.17) is 11.6 Å². The number of rotatable bonds is 3. The SMILES string of the molecule is O=C(Nc1ccccc1CCl)c1ccc(F)cc1Br. The highest BCUT2D eigenvalue weighted by atomic mass is 79.9. The molecule has 2 aromatic rings. The molecular formula is C14H10BrClFNO. The lowest BCUT2D eigenvalue weighted by Crippen LogP contribution is -2.13. The molecule has 0 aliphatic carbocycles. The highest BCUT2D eigenvalue weighted by Crippen LogP contribution is 2.22. The zero-order chi connectivity index (χ0) is 13.8. The molecule has 0 saturated carbocycles. The Balaban J connectivity index is 2.26. The van der Waals surface area contributed by atoms with Gasteiger partial charge >= 0.3 is 0 Å². The average molecular weight is 343 g/mol. The van der Waals surface area contributed by atoms with Gasteiger partial charge in [0, 0.05) is 16.0 Å². The van der Waals surface area contributed by atoms with Crippen LogP contribution in [-0.2, 0) is 5.88 Å². The molecule has 0 bridgehead atoms. The van der Waals surface area contributed by atoms with Gasteiger partial charge in [0.2, 0.25) is 0 Å². The van der Waals surface area contributed by atoms with E-state index in [1.165, 1.54) is 18.2 Å². The lowest BCUT2D eigenvalue weighted by Gasteiger charge is -2.10. The third-order valence-corrected chi connectivity index (χ3v) is 3.53. The third-order valence-electron chi connectivity index (χ3n) is 2.59. The fraction of sp³-hybridized carbons (Fsp3) is 0.0714. The number of carbonyl (C=O) groups is 1. The van der Waals surface area contributed by atoms with Crippen LogP contribution in [0.1, 0.15) is 15.9 Å². The van der Waals surface area contributed by atoms with E-state index in [2.05, 4.69) is 21.2 Å². The molecule has 0 atom stereocenters. The van der Waals surface area contributed by atoms with Gasteiger partial charge in [0.1, 0.15) is 5.82 Å². The first-order valence-electron chi connectivity index (χ1n) is 5.52. The molecule has 0 heterocycles. The van der Waals surface area contributed by atoms with Gasteiger partial charge in [-0.3, -0.25) is 4.79 Å². The first kappa shape index (κ1) is 14.0. The van der Waals surface area contributed by atoms with Gasteiger partial charge in [0.25, 0.3) is 5.91 Å². The van der Waals surface area contributed by atoms with E-state index >= 15 is 0 Å². The monoisotopic (exact) mass is 341 g/mol. The molecule has 0 spiro atoms. The lowest BCUT2D eigenvalue weighted by atomic mass is 10.1. The number of halogens is 3. The zero-order valence-electron chi connectivity index (χ0n) is 9.79. The van der Waals surface area contributed by atoms with Crippen LogP contribution >= 0.6 is 27.5 Å². The Morgan fingerprint density at radius 3 is 2.68 bits per heavy atom. The molecule has 2 aromatic carbocycles. The molecule has 1 amide bonds. The largest absolute Gasteiger partial charge is 0.322 e. The van der Waals surface area contributed by atoms with Crippen molar-refractivity contribution >= 4 is 39.1 Å². The maximum atomic E-state index is 13.0. The van der Waals surface area contributed by atoms with Crippen molar-refractivity contribution in [1.29, 1.82) is 0 Å². The summed E-state index contributed by atoms with van der Waals surface area (Å²) in [6.45, 7) is 0. The Kier molecular flexibility index (Phi) is 4.56. The molecule has 98 valence electrons. The third kappa shape index (κ3) is 3.33. The van der Waals surface area contributed by atoms with Crippen molar-refractivity contribution in [3.8, 4) is 0 Å². The van der Waals surface area contributed by atoms with Gasteiger partial charge in [-0.25, -0.2) is 4.39 Å². The smallest absolute Gasteiger partial charge is 0.256 e. The van der Waals surface area contributed by atoms with E-state index in [1.807, 2.05) is 18.2 Å². The van der Waals surface area contributed by atoms with Crippen molar-refractivity contribution in [2.45, 2.75) is 5.88 Å². The van der Waals surface area contributed by atoms with Gasteiger partial charge in [0.05, 0.1) is 5.56 Å². The number of nitrogens with one attached hydrogen (secondary N) is 1. The Bertz CT molecular complexity index is 618. The van der Waals surface area contributed by atoms with Crippen LogP contribution in [0.15, 0.2) is 46.9 Å². The summed E-state index contributed by atoms with van der Waals surface area (Å²) in [5.74, 6) is -0.407. The lowest BCUT2D eigenvalue weighted by molar-refractivity contribution is 0.102. The van der Waals surface area contributed by atoms with E-state index in [0.29, 0.717) is 21.6 Å². The summed E-state index contributed by atoms with van der Waals surface area (Å²) in [4.78, 5) is 12.1. The molecule has 0 aliphatic rings. The summed E-state index contributed by atoms with van der Waals surface area (Å²) in [7, 11) is 0. The van der Waals surface area contributed by atoms with Crippen LogP contribution in [0, 0.1) is 5.82 Å². The normalized spacial score (nSPS) is 10.3. The van der Waals surface area contributed by atoms with Crippen LogP contribution in [0.4, 0.5) is 10.1 Å². The van der Waals surface area contributed by atoms with Gasteiger partial charge in [-0.05, 0) is 45.8 Å². The predicted octanol–water partition coefficient (Wildman–Crippen LogP) is 4.58. The highest BCUT2D eigenvalue weighted by Gasteiger charge is 2.12. The maximum absolute atomic E-state index is 13.0. The molecule has 19 heavy (non-hydrogen) atoms.